The van der Waals surface area contributed by atoms with E-state index < -0.39 is 11.7 Å². The maximum Gasteiger partial charge on any atom is 0.416 e. The van der Waals surface area contributed by atoms with Crippen LogP contribution in [0, 0.1) is 11.8 Å². The fourth-order valence-corrected chi connectivity index (χ4v) is 4.82. The second-order valence-corrected chi connectivity index (χ2v) is 9.72. The molecule has 0 unspecified atom stereocenters. The number of amides is 1. The van der Waals surface area contributed by atoms with Crippen LogP contribution in [0.4, 0.5) is 13.2 Å². The highest BCUT2D eigenvalue weighted by molar-refractivity contribution is 5.75. The van der Waals surface area contributed by atoms with Gasteiger partial charge in [0, 0.05) is 26.1 Å². The van der Waals surface area contributed by atoms with Crippen LogP contribution in [0.1, 0.15) is 63.5 Å². The summed E-state index contributed by atoms with van der Waals surface area (Å²) in [6.07, 6.45) is 1.36. The van der Waals surface area contributed by atoms with Gasteiger partial charge in [0.15, 0.2) is 0 Å². The topological polar surface area (TPSA) is 41.6 Å². The van der Waals surface area contributed by atoms with Gasteiger partial charge >= 0.3 is 6.18 Å². The van der Waals surface area contributed by atoms with Crippen LogP contribution in [0.3, 0.4) is 0 Å². The van der Waals surface area contributed by atoms with Gasteiger partial charge in [0.2, 0.25) is 5.91 Å². The van der Waals surface area contributed by atoms with Crippen LogP contribution in [-0.4, -0.2) is 42.6 Å². The Hall–Kier alpha value is -1.60. The molecule has 0 aromatic heterocycles. The maximum atomic E-state index is 12.8. The van der Waals surface area contributed by atoms with Crippen LogP contribution in [0.15, 0.2) is 24.3 Å². The molecule has 31 heavy (non-hydrogen) atoms. The van der Waals surface area contributed by atoms with Crippen molar-refractivity contribution in [3.05, 3.63) is 35.4 Å². The Morgan fingerprint density at radius 3 is 2.61 bits per heavy atom. The highest BCUT2D eigenvalue weighted by Gasteiger charge is 2.31. The van der Waals surface area contributed by atoms with Gasteiger partial charge in [0.05, 0.1) is 11.2 Å². The van der Waals surface area contributed by atoms with Crippen LogP contribution >= 0.6 is 0 Å². The molecule has 1 amide bonds. The largest absolute Gasteiger partial charge is 0.416 e. The number of ether oxygens (including phenoxy) is 1. The van der Waals surface area contributed by atoms with Crippen molar-refractivity contribution in [3.8, 4) is 0 Å². The molecule has 7 heteroatoms. The summed E-state index contributed by atoms with van der Waals surface area (Å²) in [5, 5.41) is 2.76. The molecule has 0 radical (unpaired) electrons. The van der Waals surface area contributed by atoms with E-state index in [4.69, 9.17) is 4.74 Å². The quantitative estimate of drug-likeness (QED) is 0.647. The van der Waals surface area contributed by atoms with Crippen LogP contribution in [0.25, 0.3) is 0 Å². The molecule has 1 N–H and O–H groups in total. The van der Waals surface area contributed by atoms with E-state index in [0.717, 1.165) is 70.5 Å². The number of hydrogen-bond acceptors (Lipinski definition) is 3. The first-order chi connectivity index (χ1) is 14.6. The van der Waals surface area contributed by atoms with Gasteiger partial charge in [0.1, 0.15) is 0 Å². The predicted octanol–water partition coefficient (Wildman–Crippen LogP) is 5.02. The van der Waals surface area contributed by atoms with E-state index >= 15 is 0 Å². The van der Waals surface area contributed by atoms with Gasteiger partial charge in [-0.3, -0.25) is 4.79 Å². The first-order valence-corrected chi connectivity index (χ1v) is 11.4. The van der Waals surface area contributed by atoms with E-state index in [9.17, 15) is 18.0 Å². The Kier molecular flexibility index (Phi) is 8.03. The predicted molar refractivity (Wildman–Crippen MR) is 114 cm³/mol. The summed E-state index contributed by atoms with van der Waals surface area (Å²) in [7, 11) is 0. The smallest absolute Gasteiger partial charge is 0.376 e. The van der Waals surface area contributed by atoms with Crippen LogP contribution in [0.5, 0.6) is 0 Å². The number of nitrogens with one attached hydrogen (secondary N) is 1. The third kappa shape index (κ3) is 7.79. The average Bonchev–Trinajstić information content (AvgIpc) is 2.70. The summed E-state index contributed by atoms with van der Waals surface area (Å²) in [5.41, 5.74) is -0.231. The van der Waals surface area contributed by atoms with E-state index in [-0.39, 0.29) is 18.1 Å². The third-order valence-electron chi connectivity index (χ3n) is 6.55. The molecule has 2 saturated heterocycles. The highest BCUT2D eigenvalue weighted by Crippen LogP contribution is 2.31. The molecule has 4 nitrogen and oxygen atoms in total. The lowest BCUT2D eigenvalue weighted by molar-refractivity contribution is -0.137. The van der Waals surface area contributed by atoms with Gasteiger partial charge in [-0.1, -0.05) is 12.1 Å². The number of rotatable bonds is 7. The van der Waals surface area contributed by atoms with Crippen molar-refractivity contribution in [2.45, 2.75) is 70.7 Å². The van der Waals surface area contributed by atoms with E-state index in [0.29, 0.717) is 23.8 Å². The molecule has 0 bridgehead atoms. The molecule has 174 valence electrons. The first kappa shape index (κ1) is 24.1. The number of halogens is 3. The Bertz CT molecular complexity index is 728. The van der Waals surface area contributed by atoms with Gasteiger partial charge in [-0.25, -0.2) is 0 Å². The van der Waals surface area contributed by atoms with Crippen molar-refractivity contribution < 1.29 is 22.7 Å². The zero-order valence-corrected chi connectivity index (χ0v) is 18.6. The maximum absolute atomic E-state index is 12.8. The first-order valence-electron chi connectivity index (χ1n) is 11.4. The van der Waals surface area contributed by atoms with Crippen molar-refractivity contribution in [1.29, 1.82) is 0 Å². The number of piperidine rings is 1. The van der Waals surface area contributed by atoms with Crippen LogP contribution < -0.4 is 5.32 Å². The monoisotopic (exact) mass is 440 g/mol. The van der Waals surface area contributed by atoms with Crippen molar-refractivity contribution >= 4 is 5.91 Å². The number of carbonyl (C=O) groups excluding carboxylic acids is 1. The second kappa shape index (κ2) is 10.3. The lowest BCUT2D eigenvalue weighted by Gasteiger charge is -2.39. The molecular formula is C24H35F3N2O2. The molecule has 0 spiro atoms. The minimum atomic E-state index is -4.37. The van der Waals surface area contributed by atoms with Gasteiger partial charge in [0.25, 0.3) is 0 Å². The Morgan fingerprint density at radius 1 is 1.19 bits per heavy atom. The van der Waals surface area contributed by atoms with Gasteiger partial charge < -0.3 is 15.0 Å². The molecule has 2 fully saturated rings. The molecule has 0 saturated carbocycles. The van der Waals surface area contributed by atoms with Crippen molar-refractivity contribution in [2.24, 2.45) is 11.8 Å². The SMILES string of the molecule is CC1(C)C[C@@H](CN2CCC(CCC(=O)NCc3cccc(C(F)(F)F)c3)CC2)CCO1. The molecule has 1 aromatic rings. The van der Waals surface area contributed by atoms with Crippen molar-refractivity contribution in [1.82, 2.24) is 10.2 Å². The summed E-state index contributed by atoms with van der Waals surface area (Å²) in [6.45, 7) is 8.61. The molecule has 1 atom stereocenters. The Balaban J connectivity index is 1.33. The molecule has 2 heterocycles. The zero-order valence-electron chi connectivity index (χ0n) is 18.6. The van der Waals surface area contributed by atoms with E-state index in [2.05, 4.69) is 24.1 Å². The number of nitrogens with zero attached hydrogens (tertiary/aromatic N) is 1. The molecular weight excluding hydrogens is 405 g/mol. The second-order valence-electron chi connectivity index (χ2n) is 9.72. The molecule has 0 aliphatic carbocycles. The average molecular weight is 441 g/mol. The van der Waals surface area contributed by atoms with Crippen LogP contribution in [-0.2, 0) is 22.3 Å². The third-order valence-corrected chi connectivity index (χ3v) is 6.55. The Labute approximate surface area is 183 Å². The molecule has 2 aliphatic rings. The standard InChI is InChI=1S/C24H35F3N2O2/c1-23(2)15-20(10-13-31-23)17-29-11-8-18(9-12-29)6-7-22(30)28-16-19-4-3-5-21(14-19)24(25,26)27/h3-5,14,18,20H,6-13,15-17H2,1-2H3,(H,28,30)/t20-/m0/s1. The minimum Gasteiger partial charge on any atom is -0.376 e. The number of alkyl halides is 3. The summed E-state index contributed by atoms with van der Waals surface area (Å²) in [6, 6.07) is 5.11. The number of carbonyl (C=O) groups is 1. The Morgan fingerprint density at radius 2 is 1.94 bits per heavy atom. The molecule has 2 aliphatic heterocycles. The fourth-order valence-electron chi connectivity index (χ4n) is 4.82. The molecule has 3 rings (SSSR count). The van der Waals surface area contributed by atoms with Crippen molar-refractivity contribution in [2.75, 3.05) is 26.2 Å². The normalized spacial score (nSPS) is 22.9. The summed E-state index contributed by atoms with van der Waals surface area (Å²) < 4.78 is 44.2. The van der Waals surface area contributed by atoms with E-state index in [1.54, 1.807) is 6.07 Å². The summed E-state index contributed by atoms with van der Waals surface area (Å²) >= 11 is 0. The van der Waals surface area contributed by atoms with Crippen LogP contribution in [0.2, 0.25) is 0 Å². The van der Waals surface area contributed by atoms with E-state index in [1.165, 1.54) is 6.07 Å². The van der Waals surface area contributed by atoms with E-state index in [1.807, 2.05) is 0 Å². The number of benzene rings is 1. The lowest BCUT2D eigenvalue weighted by atomic mass is 9.86. The minimum absolute atomic E-state index is 0.0112. The molecule has 1 aromatic carbocycles. The highest BCUT2D eigenvalue weighted by atomic mass is 19.4. The van der Waals surface area contributed by atoms with Gasteiger partial charge in [-0.05, 0) is 88.6 Å². The van der Waals surface area contributed by atoms with Gasteiger partial charge in [-0.2, -0.15) is 13.2 Å². The summed E-state index contributed by atoms with van der Waals surface area (Å²) in [5.74, 6) is 1.15. The lowest BCUT2D eigenvalue weighted by Crippen LogP contribution is -2.42. The summed E-state index contributed by atoms with van der Waals surface area (Å²) in [4.78, 5) is 14.7. The fraction of sp³-hybridized carbons (Fsp3) is 0.708. The zero-order chi connectivity index (χ0) is 22.5. The number of hydrogen-bond donors (Lipinski definition) is 1. The van der Waals surface area contributed by atoms with Crippen molar-refractivity contribution in [3.63, 3.8) is 0 Å². The number of likely N-dealkylation sites (tertiary alicyclic amines) is 1. The van der Waals surface area contributed by atoms with Gasteiger partial charge in [-0.15, -0.1) is 0 Å².